The van der Waals surface area contributed by atoms with Gasteiger partial charge in [0.1, 0.15) is 19.8 Å². The van der Waals surface area contributed by atoms with E-state index in [9.17, 15) is 19.0 Å². The molecule has 0 aromatic heterocycles. The number of allylic oxidation sites excluding steroid dienone is 4. The largest absolute Gasteiger partial charge is 0.472 e. The summed E-state index contributed by atoms with van der Waals surface area (Å²) in [5.41, 5.74) is 0. The summed E-state index contributed by atoms with van der Waals surface area (Å²) in [7, 11) is 1.46. The Morgan fingerprint density at radius 3 is 1.76 bits per heavy atom. The van der Waals surface area contributed by atoms with Crippen LogP contribution in [0.2, 0.25) is 0 Å². The number of rotatable bonds is 32. The van der Waals surface area contributed by atoms with Gasteiger partial charge in [0.2, 0.25) is 0 Å². The molecular weight excluding hydrogens is 605 g/mol. The van der Waals surface area contributed by atoms with E-state index in [1.807, 2.05) is 21.1 Å². The van der Waals surface area contributed by atoms with E-state index in [1.54, 1.807) is 0 Å². The molecule has 0 aromatic carbocycles. The Labute approximate surface area is 281 Å². The number of quaternary nitrogens is 1. The van der Waals surface area contributed by atoms with Gasteiger partial charge >= 0.3 is 19.8 Å². The fraction of sp³-hybridized carbons (Fsp3) is 0.833. The Morgan fingerprint density at radius 1 is 0.674 bits per heavy atom. The number of carbonyl (C=O) groups excluding carboxylic acids is 2. The summed E-state index contributed by atoms with van der Waals surface area (Å²) in [5, 5.41) is 0. The molecule has 1 unspecified atom stereocenters. The van der Waals surface area contributed by atoms with E-state index in [-0.39, 0.29) is 32.0 Å². The van der Waals surface area contributed by atoms with Crippen molar-refractivity contribution in [2.24, 2.45) is 0 Å². The average Bonchev–Trinajstić information content (AvgIpc) is 2.99. The van der Waals surface area contributed by atoms with E-state index in [0.29, 0.717) is 17.4 Å². The van der Waals surface area contributed by atoms with Crippen LogP contribution in [0.15, 0.2) is 24.3 Å². The number of hydrogen-bond acceptors (Lipinski definition) is 7. The summed E-state index contributed by atoms with van der Waals surface area (Å²) in [5.74, 6) is -0.823. The number of phosphoric acid groups is 1. The van der Waals surface area contributed by atoms with Crippen LogP contribution in [0.3, 0.4) is 0 Å². The van der Waals surface area contributed by atoms with E-state index < -0.39 is 26.5 Å². The van der Waals surface area contributed by atoms with Gasteiger partial charge in [0.05, 0.1) is 27.7 Å². The van der Waals surface area contributed by atoms with Gasteiger partial charge in [-0.2, -0.15) is 0 Å². The lowest BCUT2D eigenvalue weighted by Gasteiger charge is -2.24. The Morgan fingerprint density at radius 2 is 1.17 bits per heavy atom. The number of nitrogens with zero attached hydrogens (tertiary/aromatic N) is 1. The average molecular weight is 675 g/mol. The van der Waals surface area contributed by atoms with Crippen LogP contribution in [0.1, 0.15) is 142 Å². The van der Waals surface area contributed by atoms with Crippen molar-refractivity contribution in [2.75, 3.05) is 47.5 Å². The second-order valence-electron chi connectivity index (χ2n) is 13.3. The SMILES string of the molecule is CCCCC/C=C/C/C=C/CCCCCCCC(=O)O[C@H](COC(=O)CCCCCCCCC)COP(=O)(O)OCC[N+](C)(C)C. The van der Waals surface area contributed by atoms with Crippen molar-refractivity contribution >= 4 is 19.8 Å². The number of carbonyl (C=O) groups is 2. The fourth-order valence-corrected chi connectivity index (χ4v) is 5.31. The Hall–Kier alpha value is -1.51. The number of esters is 2. The molecule has 0 heterocycles. The molecule has 1 N–H and O–H groups in total. The zero-order valence-corrected chi connectivity index (χ0v) is 31.0. The first-order valence-corrected chi connectivity index (χ1v) is 19.6. The van der Waals surface area contributed by atoms with Crippen LogP contribution in [0.25, 0.3) is 0 Å². The van der Waals surface area contributed by atoms with E-state index in [4.69, 9.17) is 18.5 Å². The fourth-order valence-electron chi connectivity index (χ4n) is 4.57. The van der Waals surface area contributed by atoms with Crippen LogP contribution in [-0.2, 0) is 32.7 Å². The standard InChI is InChI=1S/C36H68NO8P/c1-6-8-10-12-14-15-16-17-18-19-20-21-23-25-27-29-36(39)45-34(33-44-46(40,41)43-31-30-37(3,4)5)32-42-35(38)28-26-24-22-13-11-9-7-2/h14-15,17-18,34H,6-13,16,19-33H2,1-5H3/p+1/b15-14+,18-17+/t34-/m1/s1. The Kier molecular flexibility index (Phi) is 28.6. The molecule has 10 heteroatoms. The molecule has 0 amide bonds. The normalized spacial score (nSPS) is 14.1. The van der Waals surface area contributed by atoms with Gasteiger partial charge < -0.3 is 18.9 Å². The smallest absolute Gasteiger partial charge is 0.462 e. The number of ether oxygens (including phenoxy) is 2. The highest BCUT2D eigenvalue weighted by Gasteiger charge is 2.27. The third kappa shape index (κ3) is 32.4. The molecule has 46 heavy (non-hydrogen) atoms. The van der Waals surface area contributed by atoms with Crippen LogP contribution in [0.5, 0.6) is 0 Å². The lowest BCUT2D eigenvalue weighted by Crippen LogP contribution is -2.37. The molecule has 0 aliphatic rings. The molecule has 270 valence electrons. The van der Waals surface area contributed by atoms with Crippen LogP contribution < -0.4 is 0 Å². The summed E-state index contributed by atoms with van der Waals surface area (Å²) < 4.78 is 34.0. The van der Waals surface area contributed by atoms with E-state index in [1.165, 1.54) is 51.4 Å². The van der Waals surface area contributed by atoms with Crippen molar-refractivity contribution in [2.45, 2.75) is 148 Å². The summed E-state index contributed by atoms with van der Waals surface area (Å²) in [4.78, 5) is 34.9. The highest BCUT2D eigenvalue weighted by atomic mass is 31.2. The second-order valence-corrected chi connectivity index (χ2v) is 14.7. The van der Waals surface area contributed by atoms with Crippen LogP contribution in [0, 0.1) is 0 Å². The monoisotopic (exact) mass is 674 g/mol. The van der Waals surface area contributed by atoms with Crippen molar-refractivity contribution in [3.05, 3.63) is 24.3 Å². The molecule has 0 bridgehead atoms. The quantitative estimate of drug-likeness (QED) is 0.0247. The summed E-state index contributed by atoms with van der Waals surface area (Å²) in [6.45, 7) is 4.31. The molecule has 0 aromatic rings. The van der Waals surface area contributed by atoms with Crippen LogP contribution in [0.4, 0.5) is 0 Å². The van der Waals surface area contributed by atoms with Crippen molar-refractivity contribution < 1.29 is 42.1 Å². The third-order valence-corrected chi connectivity index (χ3v) is 8.47. The Bertz CT molecular complexity index is 855. The van der Waals surface area contributed by atoms with Gasteiger partial charge in [-0.1, -0.05) is 109 Å². The number of likely N-dealkylation sites (N-methyl/N-ethyl adjacent to an activating group) is 1. The molecule has 0 spiro atoms. The predicted octanol–water partition coefficient (Wildman–Crippen LogP) is 9.24. The first kappa shape index (κ1) is 44.5. The lowest BCUT2D eigenvalue weighted by atomic mass is 10.1. The van der Waals surface area contributed by atoms with E-state index in [2.05, 4.69) is 38.2 Å². The molecule has 0 fully saturated rings. The minimum Gasteiger partial charge on any atom is -0.462 e. The highest BCUT2D eigenvalue weighted by molar-refractivity contribution is 7.47. The van der Waals surface area contributed by atoms with Crippen LogP contribution in [-0.4, -0.2) is 74.9 Å². The summed E-state index contributed by atoms with van der Waals surface area (Å²) in [6.07, 6.45) is 28.1. The summed E-state index contributed by atoms with van der Waals surface area (Å²) >= 11 is 0. The molecule has 2 atom stereocenters. The van der Waals surface area contributed by atoms with Gasteiger partial charge in [0.25, 0.3) is 0 Å². The lowest BCUT2D eigenvalue weighted by molar-refractivity contribution is -0.870. The topological polar surface area (TPSA) is 108 Å². The van der Waals surface area contributed by atoms with Gasteiger partial charge in [-0.15, -0.1) is 0 Å². The van der Waals surface area contributed by atoms with Crippen molar-refractivity contribution in [1.82, 2.24) is 0 Å². The van der Waals surface area contributed by atoms with Gasteiger partial charge in [-0.05, 0) is 44.9 Å². The van der Waals surface area contributed by atoms with Crippen molar-refractivity contribution in [1.29, 1.82) is 0 Å². The maximum absolute atomic E-state index is 12.6. The van der Waals surface area contributed by atoms with Crippen molar-refractivity contribution in [3.63, 3.8) is 0 Å². The second kappa shape index (κ2) is 29.6. The number of hydrogen-bond donors (Lipinski definition) is 1. The van der Waals surface area contributed by atoms with Gasteiger partial charge in [-0.25, -0.2) is 4.57 Å². The molecule has 0 aliphatic heterocycles. The highest BCUT2D eigenvalue weighted by Crippen LogP contribution is 2.43. The van der Waals surface area contributed by atoms with E-state index in [0.717, 1.165) is 57.8 Å². The zero-order chi connectivity index (χ0) is 34.4. The first-order valence-electron chi connectivity index (χ1n) is 18.1. The first-order chi connectivity index (χ1) is 22.0. The van der Waals surface area contributed by atoms with Gasteiger partial charge in [0.15, 0.2) is 6.10 Å². The number of phosphoric ester groups is 1. The van der Waals surface area contributed by atoms with E-state index >= 15 is 0 Å². The molecule has 0 saturated heterocycles. The van der Waals surface area contributed by atoms with Crippen molar-refractivity contribution in [3.8, 4) is 0 Å². The molecule has 9 nitrogen and oxygen atoms in total. The third-order valence-electron chi connectivity index (χ3n) is 7.48. The molecule has 0 aliphatic carbocycles. The molecule has 0 saturated carbocycles. The zero-order valence-electron chi connectivity index (χ0n) is 30.1. The minimum absolute atomic E-state index is 0.0297. The van der Waals surface area contributed by atoms with Gasteiger partial charge in [-0.3, -0.25) is 18.6 Å². The maximum atomic E-state index is 12.6. The molecule has 0 radical (unpaired) electrons. The van der Waals surface area contributed by atoms with Crippen LogP contribution >= 0.6 is 7.82 Å². The maximum Gasteiger partial charge on any atom is 0.472 e. The summed E-state index contributed by atoms with van der Waals surface area (Å²) in [6, 6.07) is 0. The molecule has 0 rings (SSSR count). The minimum atomic E-state index is -4.36. The molecular formula is C36H69NO8P+. The predicted molar refractivity (Wildman–Crippen MR) is 187 cm³/mol. The van der Waals surface area contributed by atoms with Gasteiger partial charge in [0, 0.05) is 12.8 Å². The number of unbranched alkanes of at least 4 members (excludes halogenated alkanes) is 14. The Balaban J connectivity index is 4.45.